The molecule has 1 N–H and O–H groups in total. The molecule has 0 radical (unpaired) electrons. The van der Waals surface area contributed by atoms with E-state index in [1.165, 1.54) is 12.1 Å². The van der Waals surface area contributed by atoms with Gasteiger partial charge in [-0.3, -0.25) is 14.9 Å². The standard InChI is InChI=1S/C20H17N5O4/c1-11-21-20-22-15-9-13(17-6-3-7-29-17)10-16(26)18(15)19(24(20)23-11)12-4-2-5-14(8-12)25(27)28/h2-8,13,19H,9-10H2,1H3,(H,21,22,23)/t13-,19+/m0/s1. The van der Waals surface area contributed by atoms with Crippen LogP contribution in [0.3, 0.4) is 0 Å². The highest BCUT2D eigenvalue weighted by atomic mass is 16.6. The Morgan fingerprint density at radius 2 is 2.14 bits per heavy atom. The van der Waals surface area contributed by atoms with E-state index in [0.717, 1.165) is 11.5 Å². The fourth-order valence-corrected chi connectivity index (χ4v) is 4.16. The topological polar surface area (TPSA) is 116 Å². The zero-order valence-electron chi connectivity index (χ0n) is 15.5. The van der Waals surface area contributed by atoms with Gasteiger partial charge < -0.3 is 9.73 Å². The Morgan fingerprint density at radius 1 is 1.28 bits per heavy atom. The Bertz CT molecular complexity index is 1160. The molecule has 29 heavy (non-hydrogen) atoms. The number of hydrogen-bond donors (Lipinski definition) is 1. The van der Waals surface area contributed by atoms with E-state index in [9.17, 15) is 14.9 Å². The van der Waals surface area contributed by atoms with Gasteiger partial charge in [0, 0.05) is 35.7 Å². The summed E-state index contributed by atoms with van der Waals surface area (Å²) in [6, 6.07) is 9.45. The SMILES string of the molecule is Cc1nc2n(n1)[C@H](c1cccc([N+](=O)[O-])c1)C1=C(C[C@H](c3ccco3)CC1=O)N2. The summed E-state index contributed by atoms with van der Waals surface area (Å²) in [6.45, 7) is 1.77. The van der Waals surface area contributed by atoms with Gasteiger partial charge in [-0.05, 0) is 31.0 Å². The molecule has 1 aliphatic heterocycles. The fourth-order valence-electron chi connectivity index (χ4n) is 4.16. The molecule has 1 aliphatic carbocycles. The Morgan fingerprint density at radius 3 is 2.90 bits per heavy atom. The summed E-state index contributed by atoms with van der Waals surface area (Å²) in [7, 11) is 0. The van der Waals surface area contributed by atoms with E-state index in [0.29, 0.717) is 35.8 Å². The predicted molar refractivity (Wildman–Crippen MR) is 102 cm³/mol. The highest BCUT2D eigenvalue weighted by molar-refractivity contribution is 6.00. The number of Topliss-reactive ketones (excluding diaryl/α,β-unsaturated/α-hetero) is 1. The average Bonchev–Trinajstić information content (AvgIpc) is 3.35. The number of non-ortho nitro benzene ring substituents is 1. The van der Waals surface area contributed by atoms with Crippen molar-refractivity contribution in [3.8, 4) is 0 Å². The first kappa shape index (κ1) is 17.4. The van der Waals surface area contributed by atoms with Gasteiger partial charge in [0.15, 0.2) is 5.78 Å². The molecule has 0 saturated carbocycles. The molecule has 0 fully saturated rings. The third kappa shape index (κ3) is 2.82. The summed E-state index contributed by atoms with van der Waals surface area (Å²) in [5.74, 6) is 1.74. The number of benzene rings is 1. The molecule has 5 rings (SSSR count). The minimum atomic E-state index is -0.563. The molecular weight excluding hydrogens is 374 g/mol. The minimum absolute atomic E-state index is 0.0294. The van der Waals surface area contributed by atoms with Crippen molar-refractivity contribution >= 4 is 17.4 Å². The molecule has 0 saturated heterocycles. The zero-order chi connectivity index (χ0) is 20.1. The lowest BCUT2D eigenvalue weighted by molar-refractivity contribution is -0.384. The highest BCUT2D eigenvalue weighted by Crippen LogP contribution is 2.44. The second-order valence-corrected chi connectivity index (χ2v) is 7.24. The molecule has 2 aliphatic rings. The molecule has 9 heteroatoms. The number of nitrogens with one attached hydrogen (secondary N) is 1. The summed E-state index contributed by atoms with van der Waals surface area (Å²) >= 11 is 0. The Labute approximate surface area is 165 Å². The summed E-state index contributed by atoms with van der Waals surface area (Å²) in [6.07, 6.45) is 2.50. The monoisotopic (exact) mass is 391 g/mol. The van der Waals surface area contributed by atoms with Gasteiger partial charge in [0.2, 0.25) is 5.95 Å². The van der Waals surface area contributed by atoms with E-state index in [4.69, 9.17) is 4.42 Å². The normalized spacial score (nSPS) is 20.8. The van der Waals surface area contributed by atoms with E-state index in [1.807, 2.05) is 12.1 Å². The van der Waals surface area contributed by atoms with Gasteiger partial charge in [-0.25, -0.2) is 4.68 Å². The Kier molecular flexibility index (Phi) is 3.83. The molecule has 146 valence electrons. The van der Waals surface area contributed by atoms with Crippen molar-refractivity contribution in [3.05, 3.63) is 81.2 Å². The molecule has 3 aromatic rings. The van der Waals surface area contributed by atoms with Crippen LogP contribution in [0.2, 0.25) is 0 Å². The number of carbonyl (C=O) groups is 1. The lowest BCUT2D eigenvalue weighted by Gasteiger charge is -2.34. The second-order valence-electron chi connectivity index (χ2n) is 7.24. The van der Waals surface area contributed by atoms with Crippen LogP contribution in [0.5, 0.6) is 0 Å². The molecule has 2 atom stereocenters. The second kappa shape index (κ2) is 6.40. The van der Waals surface area contributed by atoms with Crippen molar-refractivity contribution in [3.63, 3.8) is 0 Å². The number of aryl methyl sites for hydroxylation is 1. The average molecular weight is 391 g/mol. The van der Waals surface area contributed by atoms with Gasteiger partial charge in [0.1, 0.15) is 17.6 Å². The highest BCUT2D eigenvalue weighted by Gasteiger charge is 2.40. The number of fused-ring (bicyclic) bond motifs is 1. The number of nitrogens with zero attached hydrogens (tertiary/aromatic N) is 4. The van der Waals surface area contributed by atoms with Crippen molar-refractivity contribution in [1.29, 1.82) is 0 Å². The van der Waals surface area contributed by atoms with Gasteiger partial charge in [-0.2, -0.15) is 10.1 Å². The van der Waals surface area contributed by atoms with E-state index in [1.54, 1.807) is 30.0 Å². The number of hydrogen-bond acceptors (Lipinski definition) is 7. The number of aromatic nitrogens is 3. The molecule has 3 heterocycles. The number of anilines is 1. The van der Waals surface area contributed by atoms with Gasteiger partial charge in [0.25, 0.3) is 5.69 Å². The van der Waals surface area contributed by atoms with Crippen LogP contribution < -0.4 is 5.32 Å². The summed E-state index contributed by atoms with van der Waals surface area (Å²) in [5, 5.41) is 19.0. The van der Waals surface area contributed by atoms with Crippen LogP contribution in [0.1, 0.15) is 41.9 Å². The van der Waals surface area contributed by atoms with Gasteiger partial charge in [-0.1, -0.05) is 12.1 Å². The molecule has 0 bridgehead atoms. The summed E-state index contributed by atoms with van der Waals surface area (Å²) in [4.78, 5) is 28.5. The maximum atomic E-state index is 13.2. The lowest BCUT2D eigenvalue weighted by atomic mass is 9.79. The lowest BCUT2D eigenvalue weighted by Crippen LogP contribution is -2.33. The third-order valence-corrected chi connectivity index (χ3v) is 5.37. The van der Waals surface area contributed by atoms with Crippen LogP contribution in [-0.4, -0.2) is 25.5 Å². The summed E-state index contributed by atoms with van der Waals surface area (Å²) in [5.41, 5.74) is 1.94. The molecule has 0 amide bonds. The molecule has 2 aromatic heterocycles. The van der Waals surface area contributed by atoms with Crippen molar-refractivity contribution in [2.24, 2.45) is 0 Å². The van der Waals surface area contributed by atoms with Crippen LogP contribution >= 0.6 is 0 Å². The van der Waals surface area contributed by atoms with Crippen LogP contribution in [0, 0.1) is 17.0 Å². The number of rotatable bonds is 3. The summed E-state index contributed by atoms with van der Waals surface area (Å²) < 4.78 is 7.15. The van der Waals surface area contributed by atoms with E-state index >= 15 is 0 Å². The largest absolute Gasteiger partial charge is 0.469 e. The molecule has 9 nitrogen and oxygen atoms in total. The van der Waals surface area contributed by atoms with E-state index in [-0.39, 0.29) is 17.4 Å². The van der Waals surface area contributed by atoms with Crippen LogP contribution in [0.25, 0.3) is 0 Å². The quantitative estimate of drug-likeness (QED) is 0.536. The first-order valence-electron chi connectivity index (χ1n) is 9.25. The predicted octanol–water partition coefficient (Wildman–Crippen LogP) is 3.50. The zero-order valence-corrected chi connectivity index (χ0v) is 15.5. The van der Waals surface area contributed by atoms with Gasteiger partial charge >= 0.3 is 0 Å². The molecular formula is C20H17N5O4. The minimum Gasteiger partial charge on any atom is -0.469 e. The van der Waals surface area contributed by atoms with E-state index < -0.39 is 11.0 Å². The molecule has 0 spiro atoms. The number of nitro benzene ring substituents is 1. The van der Waals surface area contributed by atoms with E-state index in [2.05, 4.69) is 15.4 Å². The fraction of sp³-hybridized carbons (Fsp3) is 0.250. The first-order valence-corrected chi connectivity index (χ1v) is 9.25. The van der Waals surface area contributed by atoms with Crippen LogP contribution in [-0.2, 0) is 4.79 Å². The maximum absolute atomic E-state index is 13.2. The van der Waals surface area contributed by atoms with Gasteiger partial charge in [0.05, 0.1) is 11.2 Å². The van der Waals surface area contributed by atoms with Crippen molar-refractivity contribution in [1.82, 2.24) is 14.8 Å². The van der Waals surface area contributed by atoms with Crippen molar-refractivity contribution in [2.45, 2.75) is 31.7 Å². The third-order valence-electron chi connectivity index (χ3n) is 5.37. The van der Waals surface area contributed by atoms with Crippen molar-refractivity contribution in [2.75, 3.05) is 5.32 Å². The number of furan rings is 1. The Balaban J connectivity index is 1.65. The first-order chi connectivity index (χ1) is 14.0. The number of nitro groups is 1. The molecule has 0 unspecified atom stereocenters. The number of ketones is 1. The molecule has 1 aromatic carbocycles. The Hall–Kier alpha value is -3.75. The number of carbonyl (C=O) groups excluding carboxylic acids is 1. The van der Waals surface area contributed by atoms with Crippen LogP contribution in [0.4, 0.5) is 11.6 Å². The smallest absolute Gasteiger partial charge is 0.269 e. The van der Waals surface area contributed by atoms with Crippen molar-refractivity contribution < 1.29 is 14.1 Å². The number of allylic oxidation sites excluding steroid dienone is 2. The van der Waals surface area contributed by atoms with Gasteiger partial charge in [-0.15, -0.1) is 0 Å². The maximum Gasteiger partial charge on any atom is 0.269 e. The van der Waals surface area contributed by atoms with Crippen LogP contribution in [0.15, 0.2) is 58.3 Å².